The highest BCUT2D eigenvalue weighted by atomic mass is 14.2. The van der Waals surface area contributed by atoms with Crippen LogP contribution in [-0.4, -0.2) is 0 Å². The number of hydrogen-bond donors (Lipinski definition) is 0. The highest BCUT2D eigenvalue weighted by Crippen LogP contribution is 2.46. The molecule has 0 fully saturated rings. The molecule has 0 heteroatoms. The second kappa shape index (κ2) is 13.2. The molecule has 11 aromatic carbocycles. The molecule has 0 aliphatic rings. The minimum absolute atomic E-state index is 1.22. The zero-order valence-corrected chi connectivity index (χ0v) is 30.8. The highest BCUT2D eigenvalue weighted by molar-refractivity contribution is 6.24. The fraction of sp³-hybridized carbons (Fsp3) is 0. The predicted molar refractivity (Wildman–Crippen MR) is 241 cm³/mol. The van der Waals surface area contributed by atoms with Gasteiger partial charge in [-0.25, -0.2) is 0 Å². The minimum atomic E-state index is 1.22. The Morgan fingerprint density at radius 3 is 1.29 bits per heavy atom. The molecule has 0 spiro atoms. The standard InChI is InChI=1S/C56H36/c1-2-14-37(15-3-1)39-18-12-19-42(34-39)46-32-33-47(49-22-7-6-21-48(46)49)43-30-28-41-36-44(31-29-40(41)35-43)55-51-23-8-10-25-53(51)56(54-26-11-9-24-52(54)55)50-27-13-17-38-16-4-5-20-45(38)50/h1-36H. The molecule has 0 N–H and O–H groups in total. The topological polar surface area (TPSA) is 0 Å². The van der Waals surface area contributed by atoms with Gasteiger partial charge in [0.1, 0.15) is 0 Å². The molecule has 0 aromatic heterocycles. The van der Waals surface area contributed by atoms with E-state index in [0.717, 1.165) is 0 Å². The van der Waals surface area contributed by atoms with Crippen molar-refractivity contribution < 1.29 is 0 Å². The maximum atomic E-state index is 2.38. The van der Waals surface area contributed by atoms with Gasteiger partial charge in [0.2, 0.25) is 0 Å². The van der Waals surface area contributed by atoms with Crippen LogP contribution in [-0.2, 0) is 0 Å². The van der Waals surface area contributed by atoms with Crippen LogP contribution in [0.4, 0.5) is 0 Å². The monoisotopic (exact) mass is 708 g/mol. The molecule has 0 bridgehead atoms. The van der Waals surface area contributed by atoms with E-state index in [1.165, 1.54) is 109 Å². The summed E-state index contributed by atoms with van der Waals surface area (Å²) in [4.78, 5) is 0. The summed E-state index contributed by atoms with van der Waals surface area (Å²) in [7, 11) is 0. The smallest absolute Gasteiger partial charge is 0.00201 e. The Hall–Kier alpha value is -7.28. The molecule has 0 unspecified atom stereocenters. The summed E-state index contributed by atoms with van der Waals surface area (Å²) in [6.07, 6.45) is 0. The van der Waals surface area contributed by atoms with E-state index < -0.39 is 0 Å². The van der Waals surface area contributed by atoms with Crippen molar-refractivity contribution in [1.29, 1.82) is 0 Å². The van der Waals surface area contributed by atoms with E-state index in [-0.39, 0.29) is 0 Å². The first-order valence-corrected chi connectivity index (χ1v) is 19.4. The van der Waals surface area contributed by atoms with Gasteiger partial charge in [0.15, 0.2) is 0 Å². The second-order valence-electron chi connectivity index (χ2n) is 14.8. The van der Waals surface area contributed by atoms with Crippen molar-refractivity contribution in [1.82, 2.24) is 0 Å². The van der Waals surface area contributed by atoms with Crippen LogP contribution in [0.1, 0.15) is 0 Å². The summed E-state index contributed by atoms with van der Waals surface area (Å²) in [6, 6.07) is 80.2. The molecule has 0 saturated heterocycles. The molecule has 0 aliphatic heterocycles. The van der Waals surface area contributed by atoms with Crippen LogP contribution < -0.4 is 0 Å². The van der Waals surface area contributed by atoms with Crippen LogP contribution in [0.3, 0.4) is 0 Å². The van der Waals surface area contributed by atoms with Crippen LogP contribution in [0, 0.1) is 0 Å². The van der Waals surface area contributed by atoms with E-state index in [9.17, 15) is 0 Å². The van der Waals surface area contributed by atoms with E-state index in [1.807, 2.05) is 0 Å². The van der Waals surface area contributed by atoms with Crippen molar-refractivity contribution in [2.24, 2.45) is 0 Å². The third kappa shape index (κ3) is 5.30. The van der Waals surface area contributed by atoms with Crippen LogP contribution in [0.5, 0.6) is 0 Å². The molecule has 0 atom stereocenters. The van der Waals surface area contributed by atoms with Crippen LogP contribution in [0.2, 0.25) is 0 Å². The summed E-state index contributed by atoms with van der Waals surface area (Å²) in [6.45, 7) is 0. The van der Waals surface area contributed by atoms with Gasteiger partial charge in [0, 0.05) is 0 Å². The molecule has 0 amide bonds. The Labute approximate surface area is 326 Å². The summed E-state index contributed by atoms with van der Waals surface area (Å²) >= 11 is 0. The molecule has 11 rings (SSSR count). The lowest BCUT2D eigenvalue weighted by Crippen LogP contribution is -1.92. The minimum Gasteiger partial charge on any atom is -0.0622 e. The van der Waals surface area contributed by atoms with Gasteiger partial charge in [-0.1, -0.05) is 200 Å². The lowest BCUT2D eigenvalue weighted by Gasteiger charge is -2.19. The lowest BCUT2D eigenvalue weighted by atomic mass is 9.84. The number of benzene rings is 11. The van der Waals surface area contributed by atoms with Gasteiger partial charge < -0.3 is 0 Å². The molecule has 0 saturated carbocycles. The van der Waals surface area contributed by atoms with E-state index in [4.69, 9.17) is 0 Å². The fourth-order valence-corrected chi connectivity index (χ4v) is 9.04. The molecule has 260 valence electrons. The van der Waals surface area contributed by atoms with E-state index in [1.54, 1.807) is 0 Å². The average Bonchev–Trinajstić information content (AvgIpc) is 3.27. The van der Waals surface area contributed by atoms with Gasteiger partial charge in [0.05, 0.1) is 0 Å². The summed E-state index contributed by atoms with van der Waals surface area (Å²) in [5, 5.41) is 12.6. The highest BCUT2D eigenvalue weighted by Gasteiger charge is 2.18. The SMILES string of the molecule is c1ccc(-c2cccc(-c3ccc(-c4ccc5cc(-c6c7ccccc7c(-c7cccc8ccccc78)c7ccccc67)ccc5c4)c4ccccc34)c2)cc1. The predicted octanol–water partition coefficient (Wildman–Crippen LogP) is 15.8. The summed E-state index contributed by atoms with van der Waals surface area (Å²) in [5.74, 6) is 0. The van der Waals surface area contributed by atoms with Crippen molar-refractivity contribution in [2.75, 3.05) is 0 Å². The van der Waals surface area contributed by atoms with Crippen LogP contribution in [0.25, 0.3) is 109 Å². The first-order chi connectivity index (χ1) is 27.8. The van der Waals surface area contributed by atoms with E-state index in [0.29, 0.717) is 0 Å². The van der Waals surface area contributed by atoms with Crippen molar-refractivity contribution in [2.45, 2.75) is 0 Å². The van der Waals surface area contributed by atoms with E-state index in [2.05, 4.69) is 218 Å². The number of fused-ring (bicyclic) bond motifs is 5. The largest absolute Gasteiger partial charge is 0.0622 e. The second-order valence-corrected chi connectivity index (χ2v) is 14.8. The van der Waals surface area contributed by atoms with Crippen molar-refractivity contribution in [3.63, 3.8) is 0 Å². The normalized spacial score (nSPS) is 11.6. The van der Waals surface area contributed by atoms with Crippen LogP contribution in [0.15, 0.2) is 218 Å². The van der Waals surface area contributed by atoms with Gasteiger partial charge >= 0.3 is 0 Å². The summed E-state index contributed by atoms with van der Waals surface area (Å²) in [5.41, 5.74) is 12.5. The third-order valence-corrected chi connectivity index (χ3v) is 11.6. The van der Waals surface area contributed by atoms with Gasteiger partial charge in [0.25, 0.3) is 0 Å². The molecule has 11 aromatic rings. The molecule has 0 radical (unpaired) electrons. The molecule has 0 nitrogen and oxygen atoms in total. The Balaban J connectivity index is 1.03. The van der Waals surface area contributed by atoms with Gasteiger partial charge in [-0.15, -0.1) is 0 Å². The van der Waals surface area contributed by atoms with Crippen molar-refractivity contribution in [3.8, 4) is 55.6 Å². The van der Waals surface area contributed by atoms with Gasteiger partial charge in [-0.3, -0.25) is 0 Å². The average molecular weight is 709 g/mol. The maximum absolute atomic E-state index is 2.38. The number of hydrogen-bond acceptors (Lipinski definition) is 0. The maximum Gasteiger partial charge on any atom is -0.00201 e. The van der Waals surface area contributed by atoms with E-state index >= 15 is 0 Å². The first kappa shape index (κ1) is 32.2. The Kier molecular flexibility index (Phi) is 7.60. The Morgan fingerprint density at radius 2 is 0.625 bits per heavy atom. The Morgan fingerprint density at radius 1 is 0.179 bits per heavy atom. The molecular weight excluding hydrogens is 673 g/mol. The lowest BCUT2D eigenvalue weighted by molar-refractivity contribution is 1.60. The summed E-state index contributed by atoms with van der Waals surface area (Å²) < 4.78 is 0. The zero-order valence-electron chi connectivity index (χ0n) is 30.8. The quantitative estimate of drug-likeness (QED) is 0.156. The van der Waals surface area contributed by atoms with Gasteiger partial charge in [-0.05, 0) is 128 Å². The molecule has 0 heterocycles. The molecule has 0 aliphatic carbocycles. The van der Waals surface area contributed by atoms with Crippen molar-refractivity contribution in [3.05, 3.63) is 218 Å². The van der Waals surface area contributed by atoms with Crippen molar-refractivity contribution >= 4 is 53.9 Å². The van der Waals surface area contributed by atoms with Gasteiger partial charge in [-0.2, -0.15) is 0 Å². The zero-order chi connectivity index (χ0) is 37.0. The number of rotatable bonds is 5. The third-order valence-electron chi connectivity index (χ3n) is 11.6. The first-order valence-electron chi connectivity index (χ1n) is 19.4. The fourth-order valence-electron chi connectivity index (χ4n) is 9.04. The van der Waals surface area contributed by atoms with Crippen LogP contribution >= 0.6 is 0 Å². The molecule has 56 heavy (non-hydrogen) atoms. The Bertz CT molecular complexity index is 3230. The molecular formula is C56H36.